The summed E-state index contributed by atoms with van der Waals surface area (Å²) < 4.78 is 12.6. The van der Waals surface area contributed by atoms with Gasteiger partial charge in [0.1, 0.15) is 11.6 Å². The molecule has 1 unspecified atom stereocenters. The summed E-state index contributed by atoms with van der Waals surface area (Å²) in [6, 6.07) is 13.3. The number of halogens is 1. The molecule has 4 rings (SSSR count). The molecule has 1 atom stereocenters. The molecule has 0 radical (unpaired) electrons. The molecule has 1 aliphatic heterocycles. The minimum atomic E-state index is -0.403. The van der Waals surface area contributed by atoms with Gasteiger partial charge in [0.2, 0.25) is 0 Å². The SMILES string of the molecule is CCOC(=O)COc1ccc2c(c1)C(c1ccccc1Cl)NCc1nnc(C)n1-2. The van der Waals surface area contributed by atoms with Crippen LogP contribution in [0, 0.1) is 6.92 Å². The molecule has 150 valence electrons. The number of ether oxygens (including phenoxy) is 2. The topological polar surface area (TPSA) is 78.3 Å². The number of benzene rings is 2. The molecule has 0 spiro atoms. The average molecular weight is 413 g/mol. The Labute approximate surface area is 173 Å². The normalized spacial score (nSPS) is 15.2. The maximum absolute atomic E-state index is 11.7. The van der Waals surface area contributed by atoms with Gasteiger partial charge >= 0.3 is 5.97 Å². The van der Waals surface area contributed by atoms with E-state index in [4.69, 9.17) is 21.1 Å². The number of esters is 1. The van der Waals surface area contributed by atoms with Gasteiger partial charge in [0.25, 0.3) is 0 Å². The number of carbonyl (C=O) groups is 1. The maximum Gasteiger partial charge on any atom is 0.344 e. The van der Waals surface area contributed by atoms with Crippen LogP contribution in [0.1, 0.15) is 35.7 Å². The molecule has 7 nitrogen and oxygen atoms in total. The first-order valence-electron chi connectivity index (χ1n) is 9.40. The number of fused-ring (bicyclic) bond motifs is 3. The van der Waals surface area contributed by atoms with Gasteiger partial charge in [-0.2, -0.15) is 0 Å². The second-order valence-electron chi connectivity index (χ2n) is 6.65. The van der Waals surface area contributed by atoms with E-state index in [0.717, 1.165) is 28.5 Å². The minimum absolute atomic E-state index is 0.145. The zero-order valence-corrected chi connectivity index (χ0v) is 16.9. The van der Waals surface area contributed by atoms with Crippen LogP contribution in [0.4, 0.5) is 0 Å². The molecule has 0 bridgehead atoms. The molecule has 3 aromatic rings. The fourth-order valence-corrected chi connectivity index (χ4v) is 3.77. The zero-order valence-electron chi connectivity index (χ0n) is 16.2. The Morgan fingerprint density at radius 3 is 2.86 bits per heavy atom. The lowest BCUT2D eigenvalue weighted by molar-refractivity contribution is -0.145. The monoisotopic (exact) mass is 412 g/mol. The third-order valence-corrected chi connectivity index (χ3v) is 5.13. The minimum Gasteiger partial charge on any atom is -0.482 e. The summed E-state index contributed by atoms with van der Waals surface area (Å²) in [7, 11) is 0. The average Bonchev–Trinajstić information content (AvgIpc) is 3.00. The Kier molecular flexibility index (Phi) is 5.51. The number of aromatic nitrogens is 3. The molecule has 0 saturated carbocycles. The highest BCUT2D eigenvalue weighted by Gasteiger charge is 2.27. The lowest BCUT2D eigenvalue weighted by atomic mass is 9.97. The summed E-state index contributed by atoms with van der Waals surface area (Å²) in [5, 5.41) is 12.7. The molecule has 1 aliphatic rings. The first-order valence-corrected chi connectivity index (χ1v) is 9.77. The fraction of sp³-hybridized carbons (Fsp3) is 0.286. The Hall–Kier alpha value is -2.90. The molecular formula is C21H21ClN4O3. The van der Waals surface area contributed by atoms with E-state index in [1.807, 2.05) is 54.0 Å². The van der Waals surface area contributed by atoms with Crippen molar-refractivity contribution in [2.45, 2.75) is 26.4 Å². The standard InChI is InChI=1S/C21H21ClN4O3/c1-3-28-20(27)12-29-14-8-9-18-16(10-14)21(15-6-4-5-7-17(15)22)23-11-19-25-24-13(2)26(18)19/h4-10,21,23H,3,11-12H2,1-2H3. The molecule has 8 heteroatoms. The second kappa shape index (κ2) is 8.23. The number of aryl methyl sites for hydroxylation is 1. The van der Waals surface area contributed by atoms with E-state index in [-0.39, 0.29) is 12.6 Å². The van der Waals surface area contributed by atoms with Gasteiger partial charge in [-0.3, -0.25) is 9.88 Å². The summed E-state index contributed by atoms with van der Waals surface area (Å²) in [5.74, 6) is 1.78. The lowest BCUT2D eigenvalue weighted by Gasteiger charge is -2.21. The molecule has 0 fully saturated rings. The molecular weight excluding hydrogens is 392 g/mol. The van der Waals surface area contributed by atoms with E-state index in [9.17, 15) is 4.79 Å². The zero-order chi connectivity index (χ0) is 20.4. The van der Waals surface area contributed by atoms with Crippen molar-refractivity contribution in [1.29, 1.82) is 0 Å². The second-order valence-corrected chi connectivity index (χ2v) is 7.06. The van der Waals surface area contributed by atoms with Crippen LogP contribution in [-0.2, 0) is 16.1 Å². The van der Waals surface area contributed by atoms with Gasteiger partial charge in [-0.15, -0.1) is 10.2 Å². The van der Waals surface area contributed by atoms with Gasteiger partial charge in [0.15, 0.2) is 12.4 Å². The Bertz CT molecular complexity index is 1050. The van der Waals surface area contributed by atoms with Crippen LogP contribution >= 0.6 is 11.6 Å². The number of hydrogen-bond donors (Lipinski definition) is 1. The molecule has 2 aromatic carbocycles. The quantitative estimate of drug-likeness (QED) is 0.647. The first kappa shape index (κ1) is 19.4. The Morgan fingerprint density at radius 2 is 2.07 bits per heavy atom. The van der Waals surface area contributed by atoms with Crippen LogP contribution in [0.25, 0.3) is 5.69 Å². The molecule has 0 aliphatic carbocycles. The van der Waals surface area contributed by atoms with Gasteiger partial charge in [-0.1, -0.05) is 29.8 Å². The van der Waals surface area contributed by atoms with Crippen LogP contribution in [0.15, 0.2) is 42.5 Å². The van der Waals surface area contributed by atoms with Gasteiger partial charge in [0.05, 0.1) is 24.9 Å². The van der Waals surface area contributed by atoms with Crippen LogP contribution in [0.2, 0.25) is 5.02 Å². The highest BCUT2D eigenvalue weighted by Crippen LogP contribution is 2.36. The van der Waals surface area contributed by atoms with Crippen molar-refractivity contribution in [3.05, 3.63) is 70.3 Å². The van der Waals surface area contributed by atoms with Crippen LogP contribution in [0.5, 0.6) is 5.75 Å². The van der Waals surface area contributed by atoms with Crippen LogP contribution in [-0.4, -0.2) is 33.9 Å². The van der Waals surface area contributed by atoms with Gasteiger partial charge in [-0.05, 0) is 43.7 Å². The molecule has 29 heavy (non-hydrogen) atoms. The molecule has 0 amide bonds. The number of rotatable bonds is 5. The van der Waals surface area contributed by atoms with Crippen molar-refractivity contribution < 1.29 is 14.3 Å². The molecule has 0 saturated heterocycles. The summed E-state index contributed by atoms with van der Waals surface area (Å²) in [6.45, 7) is 4.39. The summed E-state index contributed by atoms with van der Waals surface area (Å²) in [4.78, 5) is 11.7. The fourth-order valence-electron chi connectivity index (χ4n) is 3.53. The summed E-state index contributed by atoms with van der Waals surface area (Å²) >= 11 is 6.50. The summed E-state index contributed by atoms with van der Waals surface area (Å²) in [5.41, 5.74) is 2.86. The van der Waals surface area contributed by atoms with Crippen molar-refractivity contribution in [1.82, 2.24) is 20.1 Å². The van der Waals surface area contributed by atoms with Crippen molar-refractivity contribution >= 4 is 17.6 Å². The highest BCUT2D eigenvalue weighted by atomic mass is 35.5. The van der Waals surface area contributed by atoms with Crippen molar-refractivity contribution in [3.63, 3.8) is 0 Å². The largest absolute Gasteiger partial charge is 0.482 e. The summed E-state index contributed by atoms with van der Waals surface area (Å²) in [6.07, 6.45) is 0. The predicted molar refractivity (Wildman–Crippen MR) is 108 cm³/mol. The van der Waals surface area contributed by atoms with Crippen molar-refractivity contribution in [3.8, 4) is 11.4 Å². The van der Waals surface area contributed by atoms with Gasteiger partial charge < -0.3 is 9.47 Å². The number of nitrogens with zero attached hydrogens (tertiary/aromatic N) is 3. The van der Waals surface area contributed by atoms with Crippen LogP contribution in [0.3, 0.4) is 0 Å². The molecule has 1 aromatic heterocycles. The van der Waals surface area contributed by atoms with Gasteiger partial charge in [0, 0.05) is 10.6 Å². The Morgan fingerprint density at radius 1 is 1.24 bits per heavy atom. The lowest BCUT2D eigenvalue weighted by Crippen LogP contribution is -2.21. The van der Waals surface area contributed by atoms with E-state index in [1.54, 1.807) is 6.92 Å². The number of hydrogen-bond acceptors (Lipinski definition) is 6. The maximum atomic E-state index is 11.7. The van der Waals surface area contributed by atoms with E-state index in [2.05, 4.69) is 15.5 Å². The smallest absolute Gasteiger partial charge is 0.344 e. The van der Waals surface area contributed by atoms with E-state index in [1.165, 1.54) is 0 Å². The van der Waals surface area contributed by atoms with Crippen molar-refractivity contribution in [2.24, 2.45) is 0 Å². The third kappa shape index (κ3) is 3.83. The molecule has 2 heterocycles. The van der Waals surface area contributed by atoms with E-state index in [0.29, 0.717) is 23.9 Å². The van der Waals surface area contributed by atoms with Crippen LogP contribution < -0.4 is 10.1 Å². The van der Waals surface area contributed by atoms with E-state index >= 15 is 0 Å². The van der Waals surface area contributed by atoms with E-state index < -0.39 is 5.97 Å². The first-order chi connectivity index (χ1) is 14.1. The Balaban J connectivity index is 1.78. The highest BCUT2D eigenvalue weighted by molar-refractivity contribution is 6.31. The van der Waals surface area contributed by atoms with Gasteiger partial charge in [-0.25, -0.2) is 4.79 Å². The predicted octanol–water partition coefficient (Wildman–Crippen LogP) is 3.36. The number of nitrogens with one attached hydrogen (secondary N) is 1. The third-order valence-electron chi connectivity index (χ3n) is 4.79. The number of carbonyl (C=O) groups excluding carboxylic acids is 1. The van der Waals surface area contributed by atoms with Crippen molar-refractivity contribution in [2.75, 3.05) is 13.2 Å². The molecule has 1 N–H and O–H groups in total.